The first-order valence-corrected chi connectivity index (χ1v) is 6.37. The first kappa shape index (κ1) is 15.2. The van der Waals surface area contributed by atoms with Crippen LogP contribution in [0, 0.1) is 0 Å². The molecule has 1 atom stereocenters. The summed E-state index contributed by atoms with van der Waals surface area (Å²) in [6.45, 7) is 1.80. The van der Waals surface area contributed by atoms with Crippen molar-refractivity contribution in [1.29, 1.82) is 0 Å². The Morgan fingerprint density at radius 2 is 2.11 bits per heavy atom. The second-order valence-corrected chi connectivity index (χ2v) is 4.64. The van der Waals surface area contributed by atoms with Crippen LogP contribution in [0.4, 0.5) is 8.78 Å². The van der Waals surface area contributed by atoms with Crippen LogP contribution in [0.1, 0.15) is 32.3 Å². The lowest BCUT2D eigenvalue weighted by atomic mass is 10.1. The highest BCUT2D eigenvalue weighted by Gasteiger charge is 2.11. The van der Waals surface area contributed by atoms with E-state index in [0.717, 1.165) is 12.8 Å². The Morgan fingerprint density at radius 1 is 1.39 bits per heavy atom. The number of hydrogen-bond donors (Lipinski definition) is 1. The molecule has 1 N–H and O–H groups in total. The maximum absolute atomic E-state index is 12.2. The molecule has 0 heterocycles. The number of benzene rings is 1. The summed E-state index contributed by atoms with van der Waals surface area (Å²) in [6.07, 6.45) is 2.11. The molecule has 0 spiro atoms. The highest BCUT2D eigenvalue weighted by Crippen LogP contribution is 2.24. The average Bonchev–Trinajstić information content (AvgIpc) is 2.29. The first-order chi connectivity index (χ1) is 8.52. The minimum absolute atomic E-state index is 0.172. The average molecular weight is 278 g/mol. The van der Waals surface area contributed by atoms with Crippen molar-refractivity contribution in [2.75, 3.05) is 0 Å². The van der Waals surface area contributed by atoms with Crippen molar-refractivity contribution in [1.82, 2.24) is 5.32 Å². The Kier molecular flexibility index (Phi) is 6.36. The van der Waals surface area contributed by atoms with Crippen LogP contribution >= 0.6 is 11.6 Å². The van der Waals surface area contributed by atoms with E-state index in [1.165, 1.54) is 12.1 Å². The fraction of sp³-hybridized carbons (Fsp3) is 0.538. The Morgan fingerprint density at radius 3 is 2.72 bits per heavy atom. The van der Waals surface area contributed by atoms with Crippen LogP contribution in [0.2, 0.25) is 5.02 Å². The summed E-state index contributed by atoms with van der Waals surface area (Å²) in [6, 6.07) is 4.98. The molecule has 0 saturated heterocycles. The van der Waals surface area contributed by atoms with E-state index in [4.69, 9.17) is 11.6 Å². The van der Waals surface area contributed by atoms with E-state index in [1.807, 2.05) is 0 Å². The largest absolute Gasteiger partial charge is 0.434 e. The van der Waals surface area contributed by atoms with Gasteiger partial charge in [0.1, 0.15) is 5.75 Å². The van der Waals surface area contributed by atoms with Crippen LogP contribution < -0.4 is 10.1 Å². The van der Waals surface area contributed by atoms with Gasteiger partial charge in [0.05, 0.1) is 0 Å². The van der Waals surface area contributed by atoms with Crippen molar-refractivity contribution >= 4 is 11.6 Å². The zero-order valence-electron chi connectivity index (χ0n) is 10.6. The SMILES string of the molecule is CCCC(C)NCc1cc(Cl)ccc1OC(F)F. The maximum atomic E-state index is 12.2. The summed E-state index contributed by atoms with van der Waals surface area (Å²) < 4.78 is 29.0. The number of hydrogen-bond acceptors (Lipinski definition) is 2. The lowest BCUT2D eigenvalue weighted by Crippen LogP contribution is -2.25. The van der Waals surface area contributed by atoms with Gasteiger partial charge in [0.15, 0.2) is 0 Å². The first-order valence-electron chi connectivity index (χ1n) is 5.99. The van der Waals surface area contributed by atoms with Crippen LogP contribution in [0.15, 0.2) is 18.2 Å². The van der Waals surface area contributed by atoms with E-state index >= 15 is 0 Å². The fourth-order valence-corrected chi connectivity index (χ4v) is 1.91. The minimum atomic E-state index is -2.82. The number of alkyl halides is 2. The molecular formula is C13H18ClF2NO. The normalized spacial score (nSPS) is 12.8. The lowest BCUT2D eigenvalue weighted by molar-refractivity contribution is -0.0505. The molecule has 1 aromatic carbocycles. The molecule has 1 unspecified atom stereocenters. The quantitative estimate of drug-likeness (QED) is 0.806. The van der Waals surface area contributed by atoms with E-state index in [-0.39, 0.29) is 5.75 Å². The highest BCUT2D eigenvalue weighted by molar-refractivity contribution is 6.30. The van der Waals surface area contributed by atoms with Gasteiger partial charge in [-0.3, -0.25) is 0 Å². The molecular weight excluding hydrogens is 260 g/mol. The molecule has 0 aliphatic carbocycles. The number of ether oxygens (including phenoxy) is 1. The van der Waals surface area contributed by atoms with Crippen molar-refractivity contribution in [3.8, 4) is 5.75 Å². The molecule has 0 bridgehead atoms. The zero-order chi connectivity index (χ0) is 13.5. The molecule has 102 valence electrons. The number of rotatable bonds is 7. The van der Waals surface area contributed by atoms with Crippen LogP contribution in [-0.2, 0) is 6.54 Å². The van der Waals surface area contributed by atoms with Gasteiger partial charge >= 0.3 is 6.61 Å². The molecule has 0 aliphatic heterocycles. The van der Waals surface area contributed by atoms with Gasteiger partial charge in [0, 0.05) is 23.2 Å². The standard InChI is InChI=1S/C13H18ClF2NO/c1-3-4-9(2)17-8-10-7-11(14)5-6-12(10)18-13(15)16/h5-7,9,13,17H,3-4,8H2,1-2H3. The summed E-state index contributed by atoms with van der Waals surface area (Å²) in [5.41, 5.74) is 0.644. The monoisotopic (exact) mass is 277 g/mol. The van der Waals surface area contributed by atoms with Crippen LogP contribution in [0.25, 0.3) is 0 Å². The summed E-state index contributed by atoms with van der Waals surface area (Å²) >= 11 is 5.86. The Balaban J connectivity index is 2.69. The number of halogens is 3. The predicted octanol–water partition coefficient (Wildman–Crippen LogP) is 4.22. The smallest absolute Gasteiger partial charge is 0.387 e. The van der Waals surface area contributed by atoms with Gasteiger partial charge < -0.3 is 10.1 Å². The van der Waals surface area contributed by atoms with Crippen molar-refractivity contribution in [2.45, 2.75) is 45.9 Å². The van der Waals surface area contributed by atoms with E-state index in [9.17, 15) is 8.78 Å². The third kappa shape index (κ3) is 5.19. The number of nitrogens with one attached hydrogen (secondary N) is 1. The Hall–Kier alpha value is -0.870. The minimum Gasteiger partial charge on any atom is -0.434 e. The van der Waals surface area contributed by atoms with Gasteiger partial charge in [-0.25, -0.2) is 0 Å². The van der Waals surface area contributed by atoms with Gasteiger partial charge in [-0.05, 0) is 31.5 Å². The topological polar surface area (TPSA) is 21.3 Å². The van der Waals surface area contributed by atoms with Crippen LogP contribution in [0.3, 0.4) is 0 Å². The molecule has 5 heteroatoms. The van der Waals surface area contributed by atoms with Crippen LogP contribution in [0.5, 0.6) is 5.75 Å². The van der Waals surface area contributed by atoms with Crippen LogP contribution in [-0.4, -0.2) is 12.7 Å². The summed E-state index contributed by atoms with van der Waals surface area (Å²) in [7, 11) is 0. The van der Waals surface area contributed by atoms with E-state index in [1.54, 1.807) is 6.07 Å². The molecule has 0 amide bonds. The molecule has 0 saturated carbocycles. The molecule has 1 aromatic rings. The van der Waals surface area contributed by atoms with Crippen molar-refractivity contribution in [3.05, 3.63) is 28.8 Å². The van der Waals surface area contributed by atoms with Gasteiger partial charge in [-0.1, -0.05) is 24.9 Å². The lowest BCUT2D eigenvalue weighted by Gasteiger charge is -2.15. The van der Waals surface area contributed by atoms with E-state index in [2.05, 4.69) is 23.9 Å². The summed E-state index contributed by atoms with van der Waals surface area (Å²) in [5, 5.41) is 3.77. The second-order valence-electron chi connectivity index (χ2n) is 4.20. The predicted molar refractivity (Wildman–Crippen MR) is 69.3 cm³/mol. The third-order valence-electron chi connectivity index (χ3n) is 2.60. The van der Waals surface area contributed by atoms with Crippen molar-refractivity contribution < 1.29 is 13.5 Å². The van der Waals surface area contributed by atoms with Gasteiger partial charge in [0.25, 0.3) is 0 Å². The zero-order valence-corrected chi connectivity index (χ0v) is 11.3. The maximum Gasteiger partial charge on any atom is 0.387 e. The molecule has 0 aromatic heterocycles. The highest BCUT2D eigenvalue weighted by atomic mass is 35.5. The summed E-state index contributed by atoms with van der Waals surface area (Å²) in [5.74, 6) is 0.172. The van der Waals surface area contributed by atoms with Gasteiger partial charge in [0.2, 0.25) is 0 Å². The molecule has 1 rings (SSSR count). The molecule has 18 heavy (non-hydrogen) atoms. The van der Waals surface area contributed by atoms with Gasteiger partial charge in [-0.15, -0.1) is 0 Å². The molecule has 2 nitrogen and oxygen atoms in total. The Labute approximate surface area is 111 Å². The molecule has 0 fully saturated rings. The fourth-order valence-electron chi connectivity index (χ4n) is 1.72. The third-order valence-corrected chi connectivity index (χ3v) is 2.84. The van der Waals surface area contributed by atoms with Crippen molar-refractivity contribution in [2.24, 2.45) is 0 Å². The summed E-state index contributed by atoms with van der Waals surface area (Å²) in [4.78, 5) is 0. The second kappa shape index (κ2) is 7.54. The molecule has 0 aliphatic rings. The molecule has 0 radical (unpaired) electrons. The van der Waals surface area contributed by atoms with E-state index < -0.39 is 6.61 Å². The van der Waals surface area contributed by atoms with Gasteiger partial charge in [-0.2, -0.15) is 8.78 Å². The van der Waals surface area contributed by atoms with E-state index in [0.29, 0.717) is 23.2 Å². The Bertz CT molecular complexity index is 374. The van der Waals surface area contributed by atoms with Crippen molar-refractivity contribution in [3.63, 3.8) is 0 Å².